The second-order valence-electron chi connectivity index (χ2n) is 21.3. The summed E-state index contributed by atoms with van der Waals surface area (Å²) in [6.07, 6.45) is 17.2. The third kappa shape index (κ3) is 14.1. The van der Waals surface area contributed by atoms with Crippen LogP contribution in [0.4, 0.5) is 11.4 Å². The Bertz CT molecular complexity index is 3160. The van der Waals surface area contributed by atoms with Crippen LogP contribution in [0.25, 0.3) is 0 Å². The summed E-state index contributed by atoms with van der Waals surface area (Å²) < 4.78 is 78.2. The maximum Gasteiger partial charge on any atom is 0.326 e. The van der Waals surface area contributed by atoms with Gasteiger partial charge in [0.05, 0.1) is 21.8 Å². The molecule has 0 saturated carbocycles. The second kappa shape index (κ2) is 25.6. The van der Waals surface area contributed by atoms with E-state index in [0.717, 1.165) is 70.7 Å². The summed E-state index contributed by atoms with van der Waals surface area (Å²) in [7, 11) is -9.02. The van der Waals surface area contributed by atoms with Crippen LogP contribution in [0.15, 0.2) is 117 Å². The summed E-state index contributed by atoms with van der Waals surface area (Å²) in [5.41, 5.74) is 7.70. The molecule has 7 rings (SSSR count). The number of ether oxygens (including phenoxy) is 1. The van der Waals surface area contributed by atoms with E-state index in [2.05, 4.69) is 76.5 Å². The molecule has 3 aromatic carbocycles. The summed E-state index contributed by atoms with van der Waals surface area (Å²) >= 11 is 0. The third-order valence-electron chi connectivity index (χ3n) is 15.9. The van der Waals surface area contributed by atoms with Crippen molar-refractivity contribution in [1.82, 2.24) is 16.0 Å². The smallest absolute Gasteiger partial charge is 0.326 e. The zero-order valence-corrected chi connectivity index (χ0v) is 47.2. The first-order valence-corrected chi connectivity index (χ1v) is 30.2. The molecule has 2 bridgehead atoms. The number of hydrogen-bond acceptors (Lipinski definition) is 10. The number of hydrogen-bond donors (Lipinski definition) is 6. The zero-order valence-electron chi connectivity index (χ0n) is 45.5. The lowest BCUT2D eigenvalue weighted by atomic mass is 9.77. The molecule has 420 valence electrons. The molecule has 3 heterocycles. The molecule has 4 aliphatic rings. The molecule has 0 fully saturated rings. The topological polar surface area (TPSA) is 249 Å². The lowest BCUT2D eigenvalue weighted by Gasteiger charge is -2.30. The van der Waals surface area contributed by atoms with Crippen LogP contribution in [0.5, 0.6) is 5.75 Å². The van der Waals surface area contributed by atoms with Crippen molar-refractivity contribution in [2.24, 2.45) is 0 Å². The SMILES string of the molecule is CCC1(C)C2=CC=C3CCCC(=C3Oc3ccc(S(=O)(=O)O)cc3)C=CC3=[N+](CCCCCC(=O)NC(C(=O)O)CCCCNC(=O)CNC(=O)CCCCCN2c2ccc(C)cc21)c1ccc(S(=O)(=O)O)cc1C3(C)CC. The highest BCUT2D eigenvalue weighted by molar-refractivity contribution is 7.86. The summed E-state index contributed by atoms with van der Waals surface area (Å²) in [5.74, 6) is -1.16. The number of anilines is 1. The maximum atomic E-state index is 13.1. The van der Waals surface area contributed by atoms with Crippen molar-refractivity contribution in [3.8, 4) is 5.75 Å². The monoisotopic (exact) mass is 1110 g/mol. The average molecular weight is 1110 g/mol. The van der Waals surface area contributed by atoms with Crippen LogP contribution in [0.1, 0.15) is 147 Å². The van der Waals surface area contributed by atoms with Gasteiger partial charge in [-0.3, -0.25) is 23.5 Å². The molecule has 0 spiro atoms. The molecule has 3 aliphatic heterocycles. The molecule has 78 heavy (non-hydrogen) atoms. The van der Waals surface area contributed by atoms with E-state index < -0.39 is 37.7 Å². The number of aryl methyl sites for hydroxylation is 1. The van der Waals surface area contributed by atoms with Crippen LogP contribution >= 0.6 is 0 Å². The Balaban J connectivity index is 1.31. The number of fused-ring (bicyclic) bond motifs is 6. The summed E-state index contributed by atoms with van der Waals surface area (Å²) in [6.45, 7) is 11.9. The highest BCUT2D eigenvalue weighted by atomic mass is 32.2. The Labute approximate surface area is 459 Å². The van der Waals surface area contributed by atoms with Gasteiger partial charge in [-0.2, -0.15) is 21.4 Å². The van der Waals surface area contributed by atoms with Crippen molar-refractivity contribution in [2.75, 3.05) is 31.1 Å². The van der Waals surface area contributed by atoms with Crippen LogP contribution in [-0.4, -0.2) is 97.2 Å². The summed E-state index contributed by atoms with van der Waals surface area (Å²) in [5, 5.41) is 18.0. The Morgan fingerprint density at radius 2 is 1.41 bits per heavy atom. The summed E-state index contributed by atoms with van der Waals surface area (Å²) in [6, 6.07) is 15.7. The molecule has 3 aromatic rings. The molecule has 0 saturated heterocycles. The molecule has 0 radical (unpaired) electrons. The van der Waals surface area contributed by atoms with Crippen LogP contribution in [0.2, 0.25) is 0 Å². The predicted molar refractivity (Wildman–Crippen MR) is 299 cm³/mol. The van der Waals surface area contributed by atoms with Gasteiger partial charge in [-0.25, -0.2) is 4.79 Å². The number of nitrogens with zero attached hydrogens (tertiary/aromatic N) is 2. The molecule has 6 N–H and O–H groups in total. The lowest BCUT2D eigenvalue weighted by molar-refractivity contribution is -0.438. The van der Waals surface area contributed by atoms with E-state index in [1.54, 1.807) is 6.07 Å². The second-order valence-corrected chi connectivity index (χ2v) is 24.1. The highest BCUT2D eigenvalue weighted by Crippen LogP contribution is 2.51. The number of aliphatic carboxylic acids is 1. The fourth-order valence-electron chi connectivity index (χ4n) is 11.1. The van der Waals surface area contributed by atoms with Crippen molar-refractivity contribution >= 4 is 61.0 Å². The van der Waals surface area contributed by atoms with Crippen molar-refractivity contribution in [3.05, 3.63) is 124 Å². The van der Waals surface area contributed by atoms with Gasteiger partial charge < -0.3 is 30.7 Å². The van der Waals surface area contributed by atoms with Gasteiger partial charge in [0.15, 0.2) is 5.71 Å². The van der Waals surface area contributed by atoms with E-state index in [1.807, 2.05) is 26.0 Å². The molecule has 0 aromatic heterocycles. The standard InChI is InChI=1S/C59H75N5O12S2/c1-6-58(4)46-37-40(3)22-30-49(46)63-35-14-8-10-20-53(65)61-39-55(67)60-34-13-12-19-48(57(68)69)62-54(66)21-11-9-15-36-64-50-31-29-45(78(73,74)75)38-47(50)59(5,7-2)52(64)33-24-42-18-16-17-41(23-32-51(58)63)56(42)76-43-25-27-44(28-26-43)77(70,71)72/h22-33,37-38,48H,6-21,34-36,39H2,1-5H3,(H5-,60,61,62,65,66,67,68,69,70,71,72,73,74,75)/p+1. The lowest BCUT2D eigenvalue weighted by Crippen LogP contribution is -2.41. The van der Waals surface area contributed by atoms with E-state index in [1.165, 1.54) is 42.0 Å². The van der Waals surface area contributed by atoms with E-state index in [-0.39, 0.29) is 65.3 Å². The molecular formula is C59H76N5O12S2+. The van der Waals surface area contributed by atoms with Gasteiger partial charge in [-0.05, 0) is 169 Å². The number of rotatable bonds is 7. The van der Waals surface area contributed by atoms with Gasteiger partial charge in [-0.15, -0.1) is 0 Å². The minimum absolute atomic E-state index is 0.105. The van der Waals surface area contributed by atoms with E-state index in [9.17, 15) is 50.2 Å². The molecule has 19 heteroatoms. The number of nitrogens with one attached hydrogen (secondary N) is 3. The number of amides is 3. The first kappa shape index (κ1) is 59.3. The molecule has 17 nitrogen and oxygen atoms in total. The maximum absolute atomic E-state index is 13.1. The zero-order chi connectivity index (χ0) is 56.4. The van der Waals surface area contributed by atoms with E-state index in [4.69, 9.17) is 4.74 Å². The minimum Gasteiger partial charge on any atom is -0.480 e. The summed E-state index contributed by atoms with van der Waals surface area (Å²) in [4.78, 5) is 52.5. The van der Waals surface area contributed by atoms with Gasteiger partial charge in [0.2, 0.25) is 23.4 Å². The van der Waals surface area contributed by atoms with Gasteiger partial charge in [0.25, 0.3) is 20.2 Å². The van der Waals surface area contributed by atoms with Crippen LogP contribution in [0.3, 0.4) is 0 Å². The quantitative estimate of drug-likeness (QED) is 0.0954. The molecular weight excluding hydrogens is 1030 g/mol. The molecule has 3 atom stereocenters. The molecule has 3 unspecified atom stereocenters. The Hall–Kier alpha value is -6.41. The van der Waals surface area contributed by atoms with Crippen LogP contribution in [0, 0.1) is 6.92 Å². The van der Waals surface area contributed by atoms with E-state index in [0.29, 0.717) is 82.4 Å². The van der Waals surface area contributed by atoms with Gasteiger partial charge in [0.1, 0.15) is 24.1 Å². The van der Waals surface area contributed by atoms with Crippen molar-refractivity contribution < 1.29 is 59.5 Å². The Kier molecular flexibility index (Phi) is 19.4. The van der Waals surface area contributed by atoms with Crippen LogP contribution < -0.4 is 25.6 Å². The number of allylic oxidation sites excluding steroid dienone is 7. The minimum atomic E-state index is -4.54. The normalized spacial score (nSPS) is 23.1. The van der Waals surface area contributed by atoms with Gasteiger partial charge in [0, 0.05) is 66.9 Å². The van der Waals surface area contributed by atoms with Gasteiger partial charge >= 0.3 is 5.97 Å². The number of carbonyl (C=O) groups is 4. The van der Waals surface area contributed by atoms with Gasteiger partial charge in [-0.1, -0.05) is 44.0 Å². The van der Waals surface area contributed by atoms with Crippen molar-refractivity contribution in [2.45, 2.75) is 164 Å². The Morgan fingerprint density at radius 3 is 2.10 bits per heavy atom. The Morgan fingerprint density at radius 1 is 0.718 bits per heavy atom. The fraction of sp³-hybridized carbons (Fsp3) is 0.475. The first-order chi connectivity index (χ1) is 37.1. The largest absolute Gasteiger partial charge is 0.480 e. The van der Waals surface area contributed by atoms with Crippen molar-refractivity contribution in [1.29, 1.82) is 0 Å². The third-order valence-corrected chi connectivity index (χ3v) is 17.6. The predicted octanol–water partition coefficient (Wildman–Crippen LogP) is 9.43. The molecule has 1 aliphatic carbocycles. The van der Waals surface area contributed by atoms with Crippen LogP contribution in [-0.2, 0) is 50.2 Å². The fourth-order valence-corrected chi connectivity index (χ4v) is 12.1. The van der Waals surface area contributed by atoms with E-state index >= 15 is 0 Å². The number of benzene rings is 3. The number of carboxylic acids is 1. The first-order valence-electron chi connectivity index (χ1n) is 27.4. The van der Waals surface area contributed by atoms with Crippen molar-refractivity contribution in [3.63, 3.8) is 0 Å². The highest BCUT2D eigenvalue weighted by Gasteiger charge is 2.47. The molecule has 3 amide bonds. The number of carbonyl (C=O) groups excluding carboxylic acids is 3. The average Bonchev–Trinajstić information content (AvgIpc) is 3.98. The number of carboxylic acid groups (broad SMARTS) is 1.